The second-order valence-corrected chi connectivity index (χ2v) is 6.89. The van der Waals surface area contributed by atoms with E-state index in [0.29, 0.717) is 5.54 Å². The highest BCUT2D eigenvalue weighted by atomic mass is 19.4. The van der Waals surface area contributed by atoms with E-state index in [-0.39, 0.29) is 0 Å². The van der Waals surface area contributed by atoms with E-state index in [1.165, 1.54) is 38.8 Å². The smallest absolute Gasteiger partial charge is 0.475 e. The van der Waals surface area contributed by atoms with Crippen LogP contribution in [0.1, 0.15) is 25.7 Å². The summed E-state index contributed by atoms with van der Waals surface area (Å²) in [4.78, 5) is 22.7. The Morgan fingerprint density at radius 3 is 2.32 bits per heavy atom. The van der Waals surface area contributed by atoms with E-state index in [9.17, 15) is 13.2 Å². The van der Waals surface area contributed by atoms with E-state index in [4.69, 9.17) is 9.90 Å². The van der Waals surface area contributed by atoms with Crippen LogP contribution in [0, 0.1) is 5.92 Å². The van der Waals surface area contributed by atoms with Gasteiger partial charge in [0.25, 0.3) is 0 Å². The van der Waals surface area contributed by atoms with Gasteiger partial charge in [-0.25, -0.2) is 14.8 Å². The topological polar surface area (TPSA) is 69.6 Å². The molecule has 9 heteroatoms. The van der Waals surface area contributed by atoms with E-state index in [0.717, 1.165) is 25.0 Å². The zero-order chi connectivity index (χ0) is 18.1. The first-order valence-electron chi connectivity index (χ1n) is 8.37. The molecular formula is C16H21F3N4O2. The van der Waals surface area contributed by atoms with Crippen molar-refractivity contribution in [1.29, 1.82) is 0 Å². The molecule has 1 unspecified atom stereocenters. The Balaban J connectivity index is 0.000000225. The maximum atomic E-state index is 10.6. The second kappa shape index (κ2) is 6.78. The second-order valence-electron chi connectivity index (χ2n) is 6.89. The molecule has 0 radical (unpaired) electrons. The lowest BCUT2D eigenvalue weighted by molar-refractivity contribution is -0.192. The molecular weight excluding hydrogens is 337 g/mol. The van der Waals surface area contributed by atoms with Gasteiger partial charge in [-0.3, -0.25) is 4.90 Å². The van der Waals surface area contributed by atoms with Crippen molar-refractivity contribution in [2.24, 2.45) is 5.92 Å². The summed E-state index contributed by atoms with van der Waals surface area (Å²) in [6, 6.07) is 1.89. The summed E-state index contributed by atoms with van der Waals surface area (Å²) in [5, 5.41) is 7.12. The van der Waals surface area contributed by atoms with Crippen LogP contribution < -0.4 is 4.90 Å². The minimum Gasteiger partial charge on any atom is -0.475 e. The number of carboxylic acids is 1. The van der Waals surface area contributed by atoms with Crippen molar-refractivity contribution in [1.82, 2.24) is 14.9 Å². The summed E-state index contributed by atoms with van der Waals surface area (Å²) in [6.45, 7) is 4.89. The molecule has 2 aliphatic heterocycles. The van der Waals surface area contributed by atoms with Gasteiger partial charge in [0, 0.05) is 44.1 Å². The molecule has 3 heterocycles. The summed E-state index contributed by atoms with van der Waals surface area (Å²) in [5.41, 5.74) is 0.460. The third-order valence-corrected chi connectivity index (χ3v) is 5.10. The maximum Gasteiger partial charge on any atom is 0.490 e. The Bertz CT molecular complexity index is 609. The van der Waals surface area contributed by atoms with Crippen molar-refractivity contribution in [2.75, 3.05) is 31.1 Å². The molecule has 1 saturated carbocycles. The summed E-state index contributed by atoms with van der Waals surface area (Å²) >= 11 is 0. The molecule has 1 aliphatic carbocycles. The zero-order valence-corrected chi connectivity index (χ0v) is 13.7. The van der Waals surface area contributed by atoms with E-state index in [1.54, 1.807) is 0 Å². The summed E-state index contributed by atoms with van der Waals surface area (Å²) in [5.74, 6) is -0.843. The van der Waals surface area contributed by atoms with Crippen LogP contribution in [-0.4, -0.2) is 63.8 Å². The largest absolute Gasteiger partial charge is 0.490 e. The molecule has 4 rings (SSSR count). The van der Waals surface area contributed by atoms with Gasteiger partial charge in [-0.15, -0.1) is 0 Å². The van der Waals surface area contributed by atoms with E-state index >= 15 is 0 Å². The molecule has 1 spiro atoms. The van der Waals surface area contributed by atoms with Crippen LogP contribution >= 0.6 is 0 Å². The summed E-state index contributed by atoms with van der Waals surface area (Å²) < 4.78 is 31.7. The zero-order valence-electron chi connectivity index (χ0n) is 13.7. The quantitative estimate of drug-likeness (QED) is 0.893. The fraction of sp³-hybridized carbons (Fsp3) is 0.688. The van der Waals surface area contributed by atoms with Crippen LogP contribution in [-0.2, 0) is 4.79 Å². The summed E-state index contributed by atoms with van der Waals surface area (Å²) in [6.07, 6.45) is 4.17. The van der Waals surface area contributed by atoms with Gasteiger partial charge in [0.05, 0.1) is 0 Å². The molecule has 1 aromatic heterocycles. The number of likely N-dealkylation sites (tertiary alicyclic amines) is 1. The number of halogens is 3. The predicted molar refractivity (Wildman–Crippen MR) is 84.2 cm³/mol. The summed E-state index contributed by atoms with van der Waals surface area (Å²) in [7, 11) is 0. The fourth-order valence-electron chi connectivity index (χ4n) is 3.43. The minimum absolute atomic E-state index is 0.460. The van der Waals surface area contributed by atoms with E-state index < -0.39 is 12.1 Å². The number of aromatic nitrogens is 2. The number of carboxylic acid groups (broad SMARTS) is 1. The first kappa shape index (κ1) is 17.9. The van der Waals surface area contributed by atoms with Crippen molar-refractivity contribution >= 4 is 11.9 Å². The Kier molecular flexibility index (Phi) is 4.86. The Morgan fingerprint density at radius 2 is 1.84 bits per heavy atom. The van der Waals surface area contributed by atoms with Crippen LogP contribution in [0.25, 0.3) is 0 Å². The van der Waals surface area contributed by atoms with Gasteiger partial charge >= 0.3 is 12.1 Å². The first-order chi connectivity index (χ1) is 11.8. The third-order valence-electron chi connectivity index (χ3n) is 5.10. The van der Waals surface area contributed by atoms with Gasteiger partial charge in [-0.05, 0) is 37.7 Å². The van der Waals surface area contributed by atoms with Gasteiger partial charge in [-0.1, -0.05) is 0 Å². The van der Waals surface area contributed by atoms with Crippen molar-refractivity contribution in [3.8, 4) is 0 Å². The fourth-order valence-corrected chi connectivity index (χ4v) is 3.43. The molecule has 1 atom stereocenters. The monoisotopic (exact) mass is 358 g/mol. The molecule has 138 valence electrons. The first-order valence-corrected chi connectivity index (χ1v) is 8.37. The number of hydrogen-bond acceptors (Lipinski definition) is 5. The highest BCUT2D eigenvalue weighted by Gasteiger charge is 2.50. The average molecular weight is 358 g/mol. The number of hydrogen-bond donors (Lipinski definition) is 1. The van der Waals surface area contributed by atoms with Crippen molar-refractivity contribution < 1.29 is 23.1 Å². The van der Waals surface area contributed by atoms with Gasteiger partial charge < -0.3 is 10.0 Å². The molecule has 0 amide bonds. The lowest BCUT2D eigenvalue weighted by atomic mass is 9.83. The molecule has 25 heavy (non-hydrogen) atoms. The number of nitrogens with zero attached hydrogens (tertiary/aromatic N) is 4. The van der Waals surface area contributed by atoms with Crippen LogP contribution in [0.4, 0.5) is 19.1 Å². The highest BCUT2D eigenvalue weighted by Crippen LogP contribution is 2.43. The number of alkyl halides is 3. The number of aliphatic carboxylic acids is 1. The van der Waals surface area contributed by atoms with Crippen LogP contribution in [0.2, 0.25) is 0 Å². The Labute approximate surface area is 143 Å². The van der Waals surface area contributed by atoms with E-state index in [2.05, 4.69) is 19.8 Å². The number of rotatable bonds is 3. The van der Waals surface area contributed by atoms with Crippen molar-refractivity contribution in [2.45, 2.75) is 37.4 Å². The van der Waals surface area contributed by atoms with Gasteiger partial charge in [0.15, 0.2) is 0 Å². The van der Waals surface area contributed by atoms with Crippen LogP contribution in [0.3, 0.4) is 0 Å². The standard InChI is InChI=1S/C14H20N4.C2HF3O2/c1-6-15-13(16-7-1)17-8-4-14(11-17)5-9-18(14)10-12-2-3-12;3-2(4,5)1(6)7/h1,6-7,12H,2-5,8-11H2;(H,6,7). The molecule has 1 aromatic rings. The van der Waals surface area contributed by atoms with E-state index in [1.807, 2.05) is 18.5 Å². The molecule has 0 bridgehead atoms. The highest BCUT2D eigenvalue weighted by molar-refractivity contribution is 5.73. The lowest BCUT2D eigenvalue weighted by Crippen LogP contribution is -2.61. The SMILES string of the molecule is O=C(O)C(F)(F)F.c1cnc(N2CCC3(CCN3CC3CC3)C2)nc1. The Hall–Kier alpha value is -1.90. The minimum atomic E-state index is -5.08. The maximum absolute atomic E-state index is 10.6. The number of anilines is 1. The third kappa shape index (κ3) is 4.20. The molecule has 3 aliphatic rings. The lowest BCUT2D eigenvalue weighted by Gasteiger charge is -2.51. The van der Waals surface area contributed by atoms with Gasteiger partial charge in [0.2, 0.25) is 5.95 Å². The Morgan fingerprint density at radius 1 is 1.24 bits per heavy atom. The van der Waals surface area contributed by atoms with Crippen molar-refractivity contribution in [3.63, 3.8) is 0 Å². The number of carbonyl (C=O) groups is 1. The predicted octanol–water partition coefficient (Wildman–Crippen LogP) is 2.17. The molecule has 1 N–H and O–H groups in total. The van der Waals surface area contributed by atoms with Crippen LogP contribution in [0.5, 0.6) is 0 Å². The molecule has 6 nitrogen and oxygen atoms in total. The van der Waals surface area contributed by atoms with Gasteiger partial charge in [-0.2, -0.15) is 13.2 Å². The van der Waals surface area contributed by atoms with Crippen molar-refractivity contribution in [3.05, 3.63) is 18.5 Å². The molecule has 0 aromatic carbocycles. The normalized spacial score (nSPS) is 26.1. The van der Waals surface area contributed by atoms with Crippen LogP contribution in [0.15, 0.2) is 18.5 Å². The molecule has 2 saturated heterocycles. The average Bonchev–Trinajstić information content (AvgIpc) is 3.27. The molecule has 3 fully saturated rings. The van der Waals surface area contributed by atoms with Gasteiger partial charge in [0.1, 0.15) is 0 Å².